The Morgan fingerprint density at radius 2 is 1.71 bits per heavy atom. The maximum absolute atomic E-state index is 13.0. The van der Waals surface area contributed by atoms with Crippen molar-refractivity contribution in [1.82, 2.24) is 10.2 Å². The first kappa shape index (κ1) is 23.4. The number of rotatable bonds is 7. The molecule has 2 fully saturated rings. The molecule has 1 amide bonds. The molecule has 2 heterocycles. The van der Waals surface area contributed by atoms with Crippen molar-refractivity contribution in [3.63, 3.8) is 0 Å². The second-order valence-electron chi connectivity index (χ2n) is 8.14. The molecule has 0 aromatic heterocycles. The average molecular weight is 416 g/mol. The summed E-state index contributed by atoms with van der Waals surface area (Å²) in [5.74, 6) is -0.157. The number of benzene rings is 2. The summed E-state index contributed by atoms with van der Waals surface area (Å²) in [4.78, 5) is 26.0. The molecule has 160 valence electrons. The Kier molecular flexibility index (Phi) is 8.20. The van der Waals surface area contributed by atoms with Gasteiger partial charge in [-0.05, 0) is 80.6 Å². The third-order valence-electron chi connectivity index (χ3n) is 6.06. The van der Waals surface area contributed by atoms with Gasteiger partial charge in [-0.15, -0.1) is 0 Å². The van der Waals surface area contributed by atoms with Crippen molar-refractivity contribution in [1.29, 1.82) is 0 Å². The van der Waals surface area contributed by atoms with Crippen LogP contribution < -0.4 is 10.1 Å². The summed E-state index contributed by atoms with van der Waals surface area (Å²) in [7, 11) is 0. The molecule has 2 aliphatic heterocycles. The van der Waals surface area contributed by atoms with Crippen LogP contribution in [-0.4, -0.2) is 65.9 Å². The number of carboxylic acids is 1. The molecule has 2 aromatic rings. The summed E-state index contributed by atoms with van der Waals surface area (Å²) in [5.41, 5.74) is 1.84. The van der Waals surface area contributed by atoms with Crippen LogP contribution in [0.25, 0.3) is 0 Å². The van der Waals surface area contributed by atoms with E-state index in [-0.39, 0.29) is 30.3 Å². The predicted octanol–water partition coefficient (Wildman–Crippen LogP) is 3.06. The minimum atomic E-state index is -0.942. The van der Waals surface area contributed by atoms with Crippen LogP contribution in [0.1, 0.15) is 58.4 Å². The van der Waals surface area contributed by atoms with Gasteiger partial charge < -0.3 is 20.1 Å². The minimum absolute atomic E-state index is 0. The van der Waals surface area contributed by atoms with Gasteiger partial charge in [-0.2, -0.15) is 0 Å². The van der Waals surface area contributed by atoms with Crippen molar-refractivity contribution in [3.05, 3.63) is 65.2 Å². The zero-order valence-electron chi connectivity index (χ0n) is 17.0. The van der Waals surface area contributed by atoms with Crippen molar-refractivity contribution in [2.45, 2.75) is 50.8 Å². The van der Waals surface area contributed by atoms with Gasteiger partial charge in [0.15, 0.2) is 0 Å². The Labute approximate surface area is 195 Å². The average Bonchev–Trinajstić information content (AvgIpc) is 3.45. The maximum atomic E-state index is 13.0. The van der Waals surface area contributed by atoms with Gasteiger partial charge in [0.2, 0.25) is 0 Å². The van der Waals surface area contributed by atoms with Crippen molar-refractivity contribution in [2.75, 3.05) is 13.1 Å². The van der Waals surface area contributed by atoms with E-state index in [0.29, 0.717) is 30.0 Å². The van der Waals surface area contributed by atoms with Gasteiger partial charge in [0.25, 0.3) is 5.91 Å². The van der Waals surface area contributed by atoms with E-state index in [2.05, 4.69) is 5.32 Å². The first-order valence-electron chi connectivity index (χ1n) is 10.7. The fourth-order valence-electron chi connectivity index (χ4n) is 4.40. The van der Waals surface area contributed by atoms with Crippen LogP contribution in [0, 0.1) is 0 Å². The molecule has 2 atom stereocenters. The van der Waals surface area contributed by atoms with Crippen LogP contribution >= 0.6 is 0 Å². The third kappa shape index (κ3) is 5.91. The molecule has 4 rings (SSSR count). The van der Waals surface area contributed by atoms with Crippen molar-refractivity contribution >= 4 is 30.7 Å². The SMILES string of the molecule is O=C(O)c1ccc(COc2ccc(C(=O)N3CCCC3C[C@@H]3CCCN3)cc2)cc1.[LiH]. The van der Waals surface area contributed by atoms with E-state index in [1.807, 2.05) is 29.2 Å². The third-order valence-corrected chi connectivity index (χ3v) is 6.06. The summed E-state index contributed by atoms with van der Waals surface area (Å²) in [6, 6.07) is 14.8. The Bertz CT molecular complexity index is 879. The van der Waals surface area contributed by atoms with E-state index in [4.69, 9.17) is 9.84 Å². The standard InChI is InChI=1S/C24H28N2O4.Li.H/c27-23(26-14-2-4-21(26)15-20-3-1-13-25-20)18-9-11-22(12-10-18)30-16-17-5-7-19(8-6-17)24(28)29;;/h5-12,20-21,25H,1-4,13-16H2,(H,28,29);;/t20-,21?;;/m0../s1. The first-order valence-corrected chi connectivity index (χ1v) is 10.7. The summed E-state index contributed by atoms with van der Waals surface area (Å²) in [6.07, 6.45) is 5.66. The van der Waals surface area contributed by atoms with Gasteiger partial charge in [0, 0.05) is 24.2 Å². The van der Waals surface area contributed by atoms with Crippen molar-refractivity contribution in [3.8, 4) is 5.75 Å². The zero-order chi connectivity index (χ0) is 20.9. The molecule has 2 aliphatic rings. The number of aromatic carboxylic acids is 1. The molecule has 31 heavy (non-hydrogen) atoms. The van der Waals surface area contributed by atoms with Gasteiger partial charge in [0.05, 0.1) is 5.56 Å². The van der Waals surface area contributed by atoms with E-state index >= 15 is 0 Å². The molecule has 6 nitrogen and oxygen atoms in total. The molecule has 7 heteroatoms. The van der Waals surface area contributed by atoms with E-state index in [1.54, 1.807) is 24.3 Å². The van der Waals surface area contributed by atoms with Gasteiger partial charge in [-0.3, -0.25) is 4.79 Å². The molecule has 1 unspecified atom stereocenters. The Hall–Kier alpha value is -2.26. The number of carbonyl (C=O) groups is 2. The molecule has 0 spiro atoms. The van der Waals surface area contributed by atoms with Crippen LogP contribution in [0.4, 0.5) is 0 Å². The van der Waals surface area contributed by atoms with Gasteiger partial charge in [-0.1, -0.05) is 12.1 Å². The molecule has 0 bridgehead atoms. The number of carboxylic acid groups (broad SMARTS) is 1. The van der Waals surface area contributed by atoms with Gasteiger partial charge in [-0.25, -0.2) is 4.79 Å². The monoisotopic (exact) mass is 416 g/mol. The summed E-state index contributed by atoms with van der Waals surface area (Å²) >= 11 is 0. The molecule has 2 N–H and O–H groups in total. The Morgan fingerprint density at radius 3 is 2.35 bits per heavy atom. The molecular weight excluding hydrogens is 387 g/mol. The van der Waals surface area contributed by atoms with Crippen LogP contribution in [0.2, 0.25) is 0 Å². The fourth-order valence-corrected chi connectivity index (χ4v) is 4.40. The normalized spacial score (nSPS) is 20.3. The Morgan fingerprint density at radius 1 is 1.00 bits per heavy atom. The quantitative estimate of drug-likeness (QED) is 0.679. The van der Waals surface area contributed by atoms with Crippen LogP contribution in [0.5, 0.6) is 5.75 Å². The van der Waals surface area contributed by atoms with Crippen molar-refractivity contribution in [2.24, 2.45) is 0 Å². The number of hydrogen-bond donors (Lipinski definition) is 2. The van der Waals surface area contributed by atoms with Crippen molar-refractivity contribution < 1.29 is 19.4 Å². The number of likely N-dealkylation sites (tertiary alicyclic amines) is 1. The van der Waals surface area contributed by atoms with E-state index < -0.39 is 5.97 Å². The molecule has 2 saturated heterocycles. The summed E-state index contributed by atoms with van der Waals surface area (Å²) in [5, 5.41) is 12.5. The predicted molar refractivity (Wildman–Crippen MR) is 121 cm³/mol. The second-order valence-corrected chi connectivity index (χ2v) is 8.14. The number of carbonyl (C=O) groups excluding carboxylic acids is 1. The van der Waals surface area contributed by atoms with Crippen LogP contribution in [0.3, 0.4) is 0 Å². The van der Waals surface area contributed by atoms with Gasteiger partial charge >= 0.3 is 24.8 Å². The molecule has 0 aliphatic carbocycles. The number of nitrogens with zero attached hydrogens (tertiary/aromatic N) is 1. The molecule has 0 saturated carbocycles. The number of hydrogen-bond acceptors (Lipinski definition) is 4. The number of ether oxygens (including phenoxy) is 1. The number of amides is 1. The zero-order valence-corrected chi connectivity index (χ0v) is 17.0. The fraction of sp³-hybridized carbons (Fsp3) is 0.417. The topological polar surface area (TPSA) is 78.9 Å². The second kappa shape index (κ2) is 10.9. The van der Waals surface area contributed by atoms with Crippen LogP contribution in [0.15, 0.2) is 48.5 Å². The first-order chi connectivity index (χ1) is 14.6. The van der Waals surface area contributed by atoms with Crippen LogP contribution in [-0.2, 0) is 6.61 Å². The van der Waals surface area contributed by atoms with E-state index in [9.17, 15) is 9.59 Å². The summed E-state index contributed by atoms with van der Waals surface area (Å²) < 4.78 is 5.78. The Balaban J connectivity index is 0.00000272. The molecule has 2 aromatic carbocycles. The summed E-state index contributed by atoms with van der Waals surface area (Å²) in [6.45, 7) is 2.27. The molecule has 0 radical (unpaired) electrons. The van der Waals surface area contributed by atoms with Gasteiger partial charge in [0.1, 0.15) is 12.4 Å². The number of nitrogens with one attached hydrogen (secondary N) is 1. The van der Waals surface area contributed by atoms with E-state index in [0.717, 1.165) is 37.9 Å². The molecular formula is C24H29LiN2O4. The van der Waals surface area contributed by atoms with E-state index in [1.165, 1.54) is 12.8 Å².